The number of carbonyl (C=O) groups excluding carboxylic acids is 3. The molecule has 8 heteroatoms. The number of benzene rings is 1. The summed E-state index contributed by atoms with van der Waals surface area (Å²) in [6, 6.07) is 6.57. The third kappa shape index (κ3) is 2.78. The van der Waals surface area contributed by atoms with Gasteiger partial charge in [0.2, 0.25) is 17.7 Å². The highest BCUT2D eigenvalue weighted by atomic mass is 127. The van der Waals surface area contributed by atoms with E-state index in [0.29, 0.717) is 5.69 Å². The molecule has 5 nitrogen and oxygen atoms in total. The number of nitrogens with one attached hydrogen (secondary N) is 1. The van der Waals surface area contributed by atoms with E-state index >= 15 is 0 Å². The summed E-state index contributed by atoms with van der Waals surface area (Å²) in [5, 5.41) is 2.80. The van der Waals surface area contributed by atoms with E-state index in [0.717, 1.165) is 9.99 Å². The molecule has 3 aliphatic rings. The molecule has 0 unspecified atom stereocenters. The van der Waals surface area contributed by atoms with Crippen molar-refractivity contribution in [2.24, 2.45) is 23.7 Å². The van der Waals surface area contributed by atoms with Crippen LogP contribution < -0.4 is 5.32 Å². The monoisotopic (exact) mass is 594 g/mol. The van der Waals surface area contributed by atoms with Gasteiger partial charge in [-0.15, -0.1) is 0 Å². The Bertz CT molecular complexity index is 755. The average molecular weight is 596 g/mol. The number of halogens is 3. The molecule has 3 fully saturated rings. The van der Waals surface area contributed by atoms with Crippen molar-refractivity contribution < 1.29 is 14.4 Å². The first-order valence-electron chi connectivity index (χ1n) is 8.52. The average Bonchev–Trinajstić information content (AvgIpc) is 3.21. The summed E-state index contributed by atoms with van der Waals surface area (Å²) in [4.78, 5) is 40.2. The summed E-state index contributed by atoms with van der Waals surface area (Å²) in [6.45, 7) is 1.62. The van der Waals surface area contributed by atoms with Crippen LogP contribution in [0.4, 0.5) is 5.69 Å². The first-order valence-corrected chi connectivity index (χ1v) is 11.4. The molecule has 4 rings (SSSR count). The van der Waals surface area contributed by atoms with Gasteiger partial charge in [-0.25, -0.2) is 0 Å². The highest BCUT2D eigenvalue weighted by molar-refractivity contribution is 14.1. The van der Waals surface area contributed by atoms with Crippen LogP contribution in [0.1, 0.15) is 13.3 Å². The van der Waals surface area contributed by atoms with Crippen LogP contribution in [0.2, 0.25) is 0 Å². The Kier molecular flexibility index (Phi) is 4.97. The molecule has 1 saturated heterocycles. The Morgan fingerprint density at radius 3 is 2.12 bits per heavy atom. The van der Waals surface area contributed by atoms with E-state index in [1.165, 1.54) is 4.90 Å². The molecule has 1 aromatic carbocycles. The van der Waals surface area contributed by atoms with Gasteiger partial charge in [0.1, 0.15) is 6.04 Å². The second-order valence-electron chi connectivity index (χ2n) is 7.22. The summed E-state index contributed by atoms with van der Waals surface area (Å²) >= 11 is 9.53. The largest absolute Gasteiger partial charge is 0.324 e. The number of hydrogen-bond acceptors (Lipinski definition) is 3. The molecule has 2 saturated carbocycles. The van der Waals surface area contributed by atoms with E-state index in [2.05, 4.69) is 59.8 Å². The van der Waals surface area contributed by atoms with Crippen LogP contribution >= 0.6 is 54.5 Å². The fourth-order valence-corrected chi connectivity index (χ4v) is 6.88. The second-order valence-corrected chi connectivity index (χ2v) is 10.6. The van der Waals surface area contributed by atoms with Gasteiger partial charge in [-0.1, -0.05) is 31.9 Å². The number of imide groups is 1. The third-order valence-electron chi connectivity index (χ3n) is 5.90. The minimum Gasteiger partial charge on any atom is -0.324 e. The van der Waals surface area contributed by atoms with Crippen molar-refractivity contribution in [2.45, 2.75) is 29.0 Å². The molecule has 3 amide bonds. The van der Waals surface area contributed by atoms with Crippen LogP contribution in [-0.4, -0.2) is 38.3 Å². The topological polar surface area (TPSA) is 66.5 Å². The smallest absolute Gasteiger partial charge is 0.247 e. The lowest BCUT2D eigenvalue weighted by molar-refractivity contribution is -0.146. The number of hydrogen-bond donors (Lipinski definition) is 1. The highest BCUT2D eigenvalue weighted by Gasteiger charge is 2.67. The van der Waals surface area contributed by atoms with Crippen molar-refractivity contribution in [2.75, 3.05) is 5.32 Å². The maximum atomic E-state index is 13.0. The lowest BCUT2D eigenvalue weighted by Crippen LogP contribution is -2.46. The van der Waals surface area contributed by atoms with Crippen LogP contribution in [0.5, 0.6) is 0 Å². The molecule has 138 valence electrons. The predicted octanol–water partition coefficient (Wildman–Crippen LogP) is 3.40. The van der Waals surface area contributed by atoms with Gasteiger partial charge in [0.25, 0.3) is 0 Å². The number of fused-ring (bicyclic) bond motifs is 5. The number of anilines is 1. The van der Waals surface area contributed by atoms with Gasteiger partial charge in [0, 0.05) is 18.9 Å². The molecule has 1 aliphatic heterocycles. The Morgan fingerprint density at radius 1 is 1.12 bits per heavy atom. The summed E-state index contributed by atoms with van der Waals surface area (Å²) in [5.41, 5.74) is 0.655. The summed E-state index contributed by atoms with van der Waals surface area (Å²) in [7, 11) is 0. The third-order valence-corrected chi connectivity index (χ3v) is 9.83. The van der Waals surface area contributed by atoms with Gasteiger partial charge in [-0.05, 0) is 72.0 Å². The Morgan fingerprint density at radius 2 is 1.62 bits per heavy atom. The normalized spacial score (nSPS) is 36.4. The van der Waals surface area contributed by atoms with Crippen molar-refractivity contribution in [3.05, 3.63) is 27.8 Å². The number of amides is 3. The first kappa shape index (κ1) is 18.9. The molecule has 1 aromatic rings. The van der Waals surface area contributed by atoms with Gasteiger partial charge in [0.05, 0.1) is 11.8 Å². The summed E-state index contributed by atoms with van der Waals surface area (Å²) < 4.78 is 1.07. The van der Waals surface area contributed by atoms with Crippen molar-refractivity contribution in [1.29, 1.82) is 0 Å². The lowest BCUT2D eigenvalue weighted by Gasteiger charge is -2.28. The second kappa shape index (κ2) is 6.84. The molecule has 0 radical (unpaired) electrons. The Balaban J connectivity index is 1.53. The zero-order valence-corrected chi connectivity index (χ0v) is 19.2. The van der Waals surface area contributed by atoms with Crippen molar-refractivity contribution >= 4 is 77.9 Å². The molecule has 1 N–H and O–H groups in total. The predicted molar refractivity (Wildman–Crippen MR) is 113 cm³/mol. The van der Waals surface area contributed by atoms with Crippen molar-refractivity contribution in [3.63, 3.8) is 0 Å². The number of rotatable bonds is 3. The van der Waals surface area contributed by atoms with Gasteiger partial charge in [0.15, 0.2) is 0 Å². The maximum Gasteiger partial charge on any atom is 0.247 e. The Hall–Kier alpha value is -0.480. The zero-order valence-electron chi connectivity index (χ0n) is 13.9. The molecule has 26 heavy (non-hydrogen) atoms. The van der Waals surface area contributed by atoms with Gasteiger partial charge in [-0.3, -0.25) is 19.3 Å². The van der Waals surface area contributed by atoms with E-state index in [1.54, 1.807) is 19.1 Å². The number of carbonyl (C=O) groups is 3. The fourth-order valence-electron chi connectivity index (χ4n) is 4.65. The van der Waals surface area contributed by atoms with Gasteiger partial charge >= 0.3 is 0 Å². The number of nitrogens with zero attached hydrogens (tertiary/aromatic N) is 1. The van der Waals surface area contributed by atoms with E-state index in [1.807, 2.05) is 12.1 Å². The minimum atomic E-state index is -0.818. The van der Waals surface area contributed by atoms with Gasteiger partial charge in [-0.2, -0.15) is 0 Å². The maximum absolute atomic E-state index is 13.0. The molecule has 2 bridgehead atoms. The zero-order chi connectivity index (χ0) is 18.7. The molecule has 7 atom stereocenters. The molecular weight excluding hydrogens is 579 g/mol. The molecular formula is C18H17Br2IN2O3. The van der Waals surface area contributed by atoms with E-state index in [9.17, 15) is 14.4 Å². The molecule has 2 aliphatic carbocycles. The quantitative estimate of drug-likeness (QED) is 0.331. The minimum absolute atomic E-state index is 0.155. The van der Waals surface area contributed by atoms with Crippen LogP contribution in [0.3, 0.4) is 0 Å². The van der Waals surface area contributed by atoms with E-state index < -0.39 is 6.04 Å². The lowest BCUT2D eigenvalue weighted by atomic mass is 9.81. The summed E-state index contributed by atoms with van der Waals surface area (Å²) in [6.07, 6.45) is 0.885. The van der Waals surface area contributed by atoms with E-state index in [-0.39, 0.29) is 51.0 Å². The van der Waals surface area contributed by atoms with Crippen LogP contribution in [0.25, 0.3) is 0 Å². The Labute approximate surface area is 182 Å². The van der Waals surface area contributed by atoms with Crippen LogP contribution in [0, 0.1) is 27.2 Å². The number of likely N-dealkylation sites (tertiary alicyclic amines) is 1. The van der Waals surface area contributed by atoms with Crippen LogP contribution in [-0.2, 0) is 14.4 Å². The SMILES string of the molecule is C[C@H](C(=O)Nc1ccc(I)cc1)N1C(=O)[C@@H]2[C@H]3C[C@@H]([C@H](Br)[C@@H]3Br)[C@@H]2C1=O. The fraction of sp³-hybridized carbons (Fsp3) is 0.500. The standard InChI is InChI=1S/C18H17Br2IN2O3/c1-7(16(24)22-9-4-2-8(21)3-5-9)23-17(25)12-10-6-11(13(12)18(23)26)15(20)14(10)19/h2-5,7,10-15H,6H2,1H3,(H,22,24)/t7-,10-,11-,12-,13+,14-,15+/m1/s1. The number of alkyl halides is 2. The molecule has 1 heterocycles. The molecule has 0 aromatic heterocycles. The van der Waals surface area contributed by atoms with Crippen molar-refractivity contribution in [3.8, 4) is 0 Å². The first-order chi connectivity index (χ1) is 12.3. The highest BCUT2D eigenvalue weighted by Crippen LogP contribution is 2.60. The summed E-state index contributed by atoms with van der Waals surface area (Å²) in [5.74, 6) is -1.00. The van der Waals surface area contributed by atoms with Crippen LogP contribution in [0.15, 0.2) is 24.3 Å². The van der Waals surface area contributed by atoms with E-state index in [4.69, 9.17) is 0 Å². The van der Waals surface area contributed by atoms with Gasteiger partial charge < -0.3 is 5.32 Å². The molecule has 0 spiro atoms. The van der Waals surface area contributed by atoms with Crippen molar-refractivity contribution in [1.82, 2.24) is 4.90 Å².